The van der Waals surface area contributed by atoms with Crippen molar-refractivity contribution in [1.82, 2.24) is 24.5 Å². The average molecular weight is 504 g/mol. The van der Waals surface area contributed by atoms with Gasteiger partial charge in [0, 0.05) is 28.7 Å². The molecule has 186 valence electrons. The number of thiophene rings is 1. The Morgan fingerprint density at radius 2 is 1.83 bits per heavy atom. The summed E-state index contributed by atoms with van der Waals surface area (Å²) < 4.78 is 8.88. The number of carbonyl (C=O) groups excluding carboxylic acids is 1. The first-order valence-corrected chi connectivity index (χ1v) is 12.6. The number of ether oxygens (including phenoxy) is 1. The van der Waals surface area contributed by atoms with Crippen LogP contribution in [0.2, 0.25) is 0 Å². The highest BCUT2D eigenvalue weighted by atomic mass is 32.1. The monoisotopic (exact) mass is 503 g/mol. The minimum Gasteiger partial charge on any atom is -0.469 e. The molecule has 4 heterocycles. The largest absolute Gasteiger partial charge is 0.469 e. The van der Waals surface area contributed by atoms with Gasteiger partial charge >= 0.3 is 5.97 Å². The number of nitrogens with zero attached hydrogens (tertiary/aromatic N) is 6. The maximum atomic E-state index is 12.3. The van der Waals surface area contributed by atoms with E-state index < -0.39 is 6.04 Å². The van der Waals surface area contributed by atoms with Crippen LogP contribution < -0.4 is 5.32 Å². The van der Waals surface area contributed by atoms with E-state index in [1.165, 1.54) is 12.0 Å². The number of carbonyl (C=O) groups is 1. The second-order valence-corrected chi connectivity index (χ2v) is 10.3. The lowest BCUT2D eigenvalue weighted by molar-refractivity contribution is -0.141. The van der Waals surface area contributed by atoms with Crippen LogP contribution in [-0.2, 0) is 16.6 Å². The van der Waals surface area contributed by atoms with Gasteiger partial charge in [-0.25, -0.2) is 0 Å². The first-order chi connectivity index (χ1) is 17.2. The molecule has 5 rings (SSSR count). The fraction of sp³-hybridized carbons (Fsp3) is 0.346. The first-order valence-electron chi connectivity index (χ1n) is 11.7. The van der Waals surface area contributed by atoms with Gasteiger partial charge in [-0.05, 0) is 52.3 Å². The van der Waals surface area contributed by atoms with Crippen LogP contribution in [0.3, 0.4) is 0 Å². The van der Waals surface area contributed by atoms with E-state index in [-0.39, 0.29) is 12.4 Å². The van der Waals surface area contributed by atoms with Crippen LogP contribution >= 0.6 is 11.3 Å². The molecule has 10 heteroatoms. The van der Waals surface area contributed by atoms with Gasteiger partial charge in [0.1, 0.15) is 16.9 Å². The molecule has 0 fully saturated rings. The molecular formula is C26H29N7O2S. The van der Waals surface area contributed by atoms with Crippen molar-refractivity contribution < 1.29 is 9.53 Å². The summed E-state index contributed by atoms with van der Waals surface area (Å²) in [5.41, 5.74) is 8.01. The molecule has 0 radical (unpaired) electrons. The Morgan fingerprint density at radius 1 is 1.11 bits per heavy atom. The van der Waals surface area contributed by atoms with Gasteiger partial charge in [-0.3, -0.25) is 19.0 Å². The number of methoxy groups -OCH3 is 1. The van der Waals surface area contributed by atoms with Crippen molar-refractivity contribution in [2.24, 2.45) is 12.0 Å². The van der Waals surface area contributed by atoms with E-state index in [1.54, 1.807) is 11.3 Å². The number of rotatable bonds is 5. The molecule has 36 heavy (non-hydrogen) atoms. The number of nitrogens with one attached hydrogen (secondary N) is 1. The number of aryl methyl sites for hydroxylation is 4. The lowest BCUT2D eigenvalue weighted by atomic mass is 9.99. The van der Waals surface area contributed by atoms with Crippen molar-refractivity contribution in [2.45, 2.75) is 47.1 Å². The third-order valence-corrected chi connectivity index (χ3v) is 7.96. The van der Waals surface area contributed by atoms with Gasteiger partial charge in [0.05, 0.1) is 36.3 Å². The number of fused-ring (bicyclic) bond motifs is 3. The highest BCUT2D eigenvalue weighted by Crippen LogP contribution is 2.39. The summed E-state index contributed by atoms with van der Waals surface area (Å²) in [6, 6.07) is 7.71. The zero-order valence-electron chi connectivity index (χ0n) is 21.5. The van der Waals surface area contributed by atoms with E-state index >= 15 is 0 Å². The maximum Gasteiger partial charge on any atom is 0.308 e. The third-order valence-electron chi connectivity index (χ3n) is 6.76. The molecule has 0 bridgehead atoms. The van der Waals surface area contributed by atoms with Gasteiger partial charge in [-0.15, -0.1) is 21.5 Å². The zero-order valence-corrected chi connectivity index (χ0v) is 22.3. The number of esters is 1. The van der Waals surface area contributed by atoms with E-state index in [2.05, 4.69) is 46.6 Å². The Hall–Kier alpha value is -3.79. The van der Waals surface area contributed by atoms with Crippen molar-refractivity contribution in [3.05, 3.63) is 68.9 Å². The Kier molecular flexibility index (Phi) is 5.99. The van der Waals surface area contributed by atoms with E-state index in [0.29, 0.717) is 5.82 Å². The van der Waals surface area contributed by atoms with Crippen LogP contribution in [0.25, 0.3) is 5.00 Å². The summed E-state index contributed by atoms with van der Waals surface area (Å²) in [5, 5.41) is 17.7. The lowest BCUT2D eigenvalue weighted by Gasteiger charge is -2.12. The molecule has 1 aromatic carbocycles. The van der Waals surface area contributed by atoms with Crippen LogP contribution in [0.4, 0.5) is 11.4 Å². The zero-order chi connectivity index (χ0) is 25.7. The molecule has 9 nitrogen and oxygen atoms in total. The second kappa shape index (κ2) is 9.02. The second-order valence-electron chi connectivity index (χ2n) is 9.05. The summed E-state index contributed by atoms with van der Waals surface area (Å²) in [4.78, 5) is 18.6. The maximum absolute atomic E-state index is 12.3. The number of hydrogen-bond acceptors (Lipinski definition) is 8. The van der Waals surface area contributed by atoms with Crippen molar-refractivity contribution in [3.8, 4) is 5.00 Å². The topological polar surface area (TPSA) is 99.2 Å². The molecule has 0 aliphatic carbocycles. The summed E-state index contributed by atoms with van der Waals surface area (Å²) in [7, 11) is 3.33. The molecule has 0 saturated heterocycles. The Morgan fingerprint density at radius 3 is 2.47 bits per heavy atom. The molecule has 0 saturated carbocycles. The molecule has 0 spiro atoms. The quantitative estimate of drug-likeness (QED) is 0.393. The molecule has 0 amide bonds. The molecule has 0 unspecified atom stereocenters. The Bertz CT molecular complexity index is 1510. The molecule has 1 atom stereocenters. The van der Waals surface area contributed by atoms with Gasteiger partial charge in [0.2, 0.25) is 0 Å². The van der Waals surface area contributed by atoms with Gasteiger partial charge in [0.25, 0.3) is 0 Å². The van der Waals surface area contributed by atoms with Crippen molar-refractivity contribution in [2.75, 3.05) is 12.4 Å². The predicted octanol–water partition coefficient (Wildman–Crippen LogP) is 4.80. The molecule has 1 N–H and O–H groups in total. The highest BCUT2D eigenvalue weighted by Gasteiger charge is 2.32. The molecule has 1 aliphatic heterocycles. The van der Waals surface area contributed by atoms with E-state index in [9.17, 15) is 4.79 Å². The summed E-state index contributed by atoms with van der Waals surface area (Å²) in [5.74, 6) is 1.08. The molecular weight excluding hydrogens is 474 g/mol. The lowest BCUT2D eigenvalue weighted by Crippen LogP contribution is -2.12. The molecule has 4 aromatic rings. The number of anilines is 2. The SMILES string of the molecule is COC(=O)C[C@@H]1N=C(c2ccc(Nc3c(C)nn(C)c3C)cc2)c2c(sc(C)c2C)-n2c(C)nnc21. The van der Waals surface area contributed by atoms with Crippen LogP contribution in [0.15, 0.2) is 29.3 Å². The minimum atomic E-state index is -0.508. The fourth-order valence-corrected chi connectivity index (χ4v) is 5.79. The van der Waals surface area contributed by atoms with Crippen LogP contribution in [-0.4, -0.2) is 43.3 Å². The van der Waals surface area contributed by atoms with Crippen LogP contribution in [0, 0.1) is 34.6 Å². The molecule has 1 aliphatic rings. The van der Waals surface area contributed by atoms with Crippen LogP contribution in [0.1, 0.15) is 57.1 Å². The normalized spacial score (nSPS) is 14.6. The van der Waals surface area contributed by atoms with Gasteiger partial charge in [-0.1, -0.05) is 12.1 Å². The Labute approximate surface area is 213 Å². The first kappa shape index (κ1) is 23.9. The van der Waals surface area contributed by atoms with Crippen molar-refractivity contribution >= 4 is 34.4 Å². The van der Waals surface area contributed by atoms with E-state index in [0.717, 1.165) is 56.0 Å². The Balaban J connectivity index is 1.61. The number of hydrogen-bond donors (Lipinski definition) is 1. The number of aliphatic imine (C=N–C) groups is 1. The smallest absolute Gasteiger partial charge is 0.308 e. The summed E-state index contributed by atoms with van der Waals surface area (Å²) in [6.07, 6.45) is 0.0876. The summed E-state index contributed by atoms with van der Waals surface area (Å²) in [6.45, 7) is 10.2. The van der Waals surface area contributed by atoms with E-state index in [4.69, 9.17) is 9.73 Å². The van der Waals surface area contributed by atoms with Gasteiger partial charge in [0.15, 0.2) is 5.82 Å². The fourth-order valence-electron chi connectivity index (χ4n) is 4.58. The summed E-state index contributed by atoms with van der Waals surface area (Å²) >= 11 is 1.69. The van der Waals surface area contributed by atoms with Crippen molar-refractivity contribution in [1.29, 1.82) is 0 Å². The average Bonchev–Trinajstić information content (AvgIpc) is 3.42. The number of aromatic nitrogens is 5. The third kappa shape index (κ3) is 3.91. The predicted molar refractivity (Wildman–Crippen MR) is 141 cm³/mol. The minimum absolute atomic E-state index is 0.0876. The van der Waals surface area contributed by atoms with E-state index in [1.807, 2.05) is 49.2 Å². The van der Waals surface area contributed by atoms with Crippen molar-refractivity contribution in [3.63, 3.8) is 0 Å². The number of benzene rings is 1. The molecule has 3 aromatic heterocycles. The van der Waals surface area contributed by atoms with Crippen LogP contribution in [0.5, 0.6) is 0 Å². The van der Waals surface area contributed by atoms with Gasteiger partial charge in [-0.2, -0.15) is 5.10 Å². The standard InChI is InChI=1S/C26H29N7O2S/c1-13-16(4)36-26-22(13)24(28-20(12-21(34)35-7)25-30-29-17(5)33(25)26)18-8-10-19(11-9-18)27-23-14(2)31-32(6)15(23)3/h8-11,20,27H,12H2,1-7H3/t20-/m0/s1. The highest BCUT2D eigenvalue weighted by molar-refractivity contribution is 7.15. The van der Waals surface area contributed by atoms with Gasteiger partial charge < -0.3 is 10.1 Å².